The molecule has 3 unspecified atom stereocenters. The summed E-state index contributed by atoms with van der Waals surface area (Å²) in [6, 6.07) is 1.00. The summed E-state index contributed by atoms with van der Waals surface area (Å²) in [5, 5.41) is 13.6. The first-order chi connectivity index (χ1) is 9.52. The minimum atomic E-state index is -0.446. The molecule has 2 N–H and O–H groups in total. The number of hydrogen-bond donors (Lipinski definition) is 2. The molecule has 1 aliphatic rings. The van der Waals surface area contributed by atoms with Crippen molar-refractivity contribution in [1.29, 1.82) is 0 Å². The highest BCUT2D eigenvalue weighted by Gasteiger charge is 2.21. The number of nitrogens with one attached hydrogen (secondary N) is 1. The molecule has 120 valence electrons. The van der Waals surface area contributed by atoms with Gasteiger partial charge in [-0.1, -0.05) is 0 Å². The maximum Gasteiger partial charge on any atom is 0.0900 e. The fraction of sp³-hybridized carbons (Fsp3) is 1.00. The lowest BCUT2D eigenvalue weighted by Crippen LogP contribution is -2.45. The molecule has 0 saturated carbocycles. The largest absolute Gasteiger partial charge is 0.389 e. The number of hydrogen-bond acceptors (Lipinski definition) is 5. The van der Waals surface area contributed by atoms with Crippen LogP contribution in [-0.4, -0.2) is 74.3 Å². The second kappa shape index (κ2) is 9.68. The van der Waals surface area contributed by atoms with Gasteiger partial charge in [0.1, 0.15) is 0 Å². The maximum atomic E-state index is 10.1. The Kier molecular flexibility index (Phi) is 8.64. The zero-order valence-electron chi connectivity index (χ0n) is 13.5. The van der Waals surface area contributed by atoms with Crippen LogP contribution in [0, 0.1) is 0 Å². The van der Waals surface area contributed by atoms with E-state index in [1.54, 1.807) is 7.11 Å². The number of rotatable bonds is 10. The third-order valence-electron chi connectivity index (χ3n) is 3.77. The Morgan fingerprint density at radius 2 is 2.05 bits per heavy atom. The van der Waals surface area contributed by atoms with E-state index >= 15 is 0 Å². The Morgan fingerprint density at radius 3 is 2.60 bits per heavy atom. The molecule has 20 heavy (non-hydrogen) atoms. The van der Waals surface area contributed by atoms with Gasteiger partial charge in [0.2, 0.25) is 0 Å². The molecular weight excluding hydrogens is 256 g/mol. The summed E-state index contributed by atoms with van der Waals surface area (Å²) in [4.78, 5) is 2.33. The number of aliphatic hydroxyl groups excluding tert-OH is 1. The number of nitrogens with zero attached hydrogens (tertiary/aromatic N) is 1. The molecule has 0 spiro atoms. The molecule has 1 heterocycles. The summed E-state index contributed by atoms with van der Waals surface area (Å²) in [6.07, 6.45) is 2.08. The summed E-state index contributed by atoms with van der Waals surface area (Å²) in [5.41, 5.74) is 0. The topological polar surface area (TPSA) is 54.0 Å². The zero-order valence-corrected chi connectivity index (χ0v) is 13.5. The van der Waals surface area contributed by atoms with Gasteiger partial charge in [0.05, 0.1) is 25.4 Å². The Balaban J connectivity index is 2.28. The van der Waals surface area contributed by atoms with Gasteiger partial charge in [0.15, 0.2) is 0 Å². The third-order valence-corrected chi connectivity index (χ3v) is 3.77. The summed E-state index contributed by atoms with van der Waals surface area (Å²) < 4.78 is 10.6. The summed E-state index contributed by atoms with van der Waals surface area (Å²) in [7, 11) is 1.66. The molecule has 1 rings (SSSR count). The Labute approximate surface area is 123 Å². The van der Waals surface area contributed by atoms with Crippen LogP contribution in [0.2, 0.25) is 0 Å². The number of ether oxygens (including phenoxy) is 2. The van der Waals surface area contributed by atoms with Crippen molar-refractivity contribution in [3.63, 3.8) is 0 Å². The van der Waals surface area contributed by atoms with Gasteiger partial charge in [-0.05, 0) is 40.2 Å². The average molecular weight is 288 g/mol. The van der Waals surface area contributed by atoms with Crippen molar-refractivity contribution in [1.82, 2.24) is 10.2 Å². The molecule has 5 heteroatoms. The Bertz CT molecular complexity index is 245. The monoisotopic (exact) mass is 288 g/mol. The molecule has 3 atom stereocenters. The smallest absolute Gasteiger partial charge is 0.0900 e. The van der Waals surface area contributed by atoms with Crippen LogP contribution in [0.4, 0.5) is 0 Å². The van der Waals surface area contributed by atoms with Crippen LogP contribution in [0.3, 0.4) is 0 Å². The molecule has 0 aromatic rings. The van der Waals surface area contributed by atoms with Gasteiger partial charge in [-0.15, -0.1) is 0 Å². The van der Waals surface area contributed by atoms with Gasteiger partial charge < -0.3 is 19.9 Å². The predicted octanol–water partition coefficient (Wildman–Crippen LogP) is 0.861. The lowest BCUT2D eigenvalue weighted by molar-refractivity contribution is -0.0423. The van der Waals surface area contributed by atoms with Crippen LogP contribution in [-0.2, 0) is 9.47 Å². The molecule has 0 amide bonds. The quantitative estimate of drug-likeness (QED) is 0.624. The molecule has 0 aliphatic carbocycles. The molecule has 0 aromatic heterocycles. The first-order valence-electron chi connectivity index (χ1n) is 7.79. The Hall–Kier alpha value is -0.200. The van der Waals surface area contributed by atoms with E-state index in [4.69, 9.17) is 9.47 Å². The van der Waals surface area contributed by atoms with Gasteiger partial charge in [0, 0.05) is 32.3 Å². The molecule has 0 bridgehead atoms. The van der Waals surface area contributed by atoms with E-state index in [0.717, 1.165) is 13.1 Å². The zero-order chi connectivity index (χ0) is 15.0. The van der Waals surface area contributed by atoms with E-state index in [2.05, 4.69) is 24.1 Å². The molecule has 1 saturated heterocycles. The molecule has 5 nitrogen and oxygen atoms in total. The highest BCUT2D eigenvalue weighted by atomic mass is 16.5. The minimum Gasteiger partial charge on any atom is -0.389 e. The van der Waals surface area contributed by atoms with Crippen LogP contribution >= 0.6 is 0 Å². The van der Waals surface area contributed by atoms with E-state index in [9.17, 15) is 5.11 Å². The SMILES string of the molecule is COCC(C)OCC(O)CN(CC1CCCN1)C(C)C. The molecule has 1 fully saturated rings. The lowest BCUT2D eigenvalue weighted by Gasteiger charge is -2.31. The first kappa shape index (κ1) is 17.9. The Morgan fingerprint density at radius 1 is 1.30 bits per heavy atom. The second-order valence-corrected chi connectivity index (χ2v) is 6.09. The van der Waals surface area contributed by atoms with E-state index in [1.165, 1.54) is 12.8 Å². The maximum absolute atomic E-state index is 10.1. The van der Waals surface area contributed by atoms with Crippen molar-refractivity contribution in [3.05, 3.63) is 0 Å². The van der Waals surface area contributed by atoms with Gasteiger partial charge >= 0.3 is 0 Å². The summed E-state index contributed by atoms with van der Waals surface area (Å²) in [5.74, 6) is 0. The predicted molar refractivity (Wildman–Crippen MR) is 81.0 cm³/mol. The highest BCUT2D eigenvalue weighted by molar-refractivity contribution is 4.80. The summed E-state index contributed by atoms with van der Waals surface area (Å²) >= 11 is 0. The van der Waals surface area contributed by atoms with E-state index < -0.39 is 6.10 Å². The van der Waals surface area contributed by atoms with Gasteiger partial charge in [-0.3, -0.25) is 4.90 Å². The molecule has 1 aliphatic heterocycles. The van der Waals surface area contributed by atoms with E-state index in [1.807, 2.05) is 6.92 Å². The van der Waals surface area contributed by atoms with Gasteiger partial charge in [-0.25, -0.2) is 0 Å². The van der Waals surface area contributed by atoms with E-state index in [0.29, 0.717) is 31.8 Å². The van der Waals surface area contributed by atoms with E-state index in [-0.39, 0.29) is 6.10 Å². The minimum absolute atomic E-state index is 0.0265. The van der Waals surface area contributed by atoms with Crippen molar-refractivity contribution in [2.45, 2.75) is 57.9 Å². The van der Waals surface area contributed by atoms with Crippen LogP contribution in [0.1, 0.15) is 33.6 Å². The second-order valence-electron chi connectivity index (χ2n) is 6.09. The lowest BCUT2D eigenvalue weighted by atomic mass is 10.1. The standard InChI is InChI=1S/C15H32N2O3/c1-12(2)17(8-14-6-5-7-16-14)9-15(18)11-20-13(3)10-19-4/h12-16,18H,5-11H2,1-4H3. The number of methoxy groups -OCH3 is 1. The average Bonchev–Trinajstić information content (AvgIpc) is 2.89. The van der Waals surface area contributed by atoms with Gasteiger partial charge in [0.25, 0.3) is 0 Å². The molecule has 0 radical (unpaired) electrons. The highest BCUT2D eigenvalue weighted by Crippen LogP contribution is 2.10. The number of aliphatic hydroxyl groups is 1. The van der Waals surface area contributed by atoms with Crippen LogP contribution in [0.25, 0.3) is 0 Å². The van der Waals surface area contributed by atoms with Crippen molar-refractivity contribution in [2.24, 2.45) is 0 Å². The third kappa shape index (κ3) is 6.99. The van der Waals surface area contributed by atoms with Crippen molar-refractivity contribution in [2.75, 3.05) is 40.0 Å². The summed E-state index contributed by atoms with van der Waals surface area (Å²) in [6.45, 7) is 10.0. The molecule has 0 aromatic carbocycles. The normalized spacial score (nSPS) is 22.6. The van der Waals surface area contributed by atoms with Crippen LogP contribution < -0.4 is 5.32 Å². The first-order valence-corrected chi connectivity index (χ1v) is 7.79. The van der Waals surface area contributed by atoms with Crippen LogP contribution in [0.5, 0.6) is 0 Å². The van der Waals surface area contributed by atoms with Gasteiger partial charge in [-0.2, -0.15) is 0 Å². The van der Waals surface area contributed by atoms with Crippen molar-refractivity contribution >= 4 is 0 Å². The van der Waals surface area contributed by atoms with Crippen molar-refractivity contribution < 1.29 is 14.6 Å². The fourth-order valence-corrected chi connectivity index (χ4v) is 2.57. The van der Waals surface area contributed by atoms with Crippen LogP contribution in [0.15, 0.2) is 0 Å². The fourth-order valence-electron chi connectivity index (χ4n) is 2.57. The molecular formula is C15H32N2O3. The van der Waals surface area contributed by atoms with Crippen molar-refractivity contribution in [3.8, 4) is 0 Å².